The molecule has 0 aliphatic carbocycles. The molecule has 1 aromatic heterocycles. The zero-order valence-electron chi connectivity index (χ0n) is 12.2. The van der Waals surface area contributed by atoms with Crippen molar-refractivity contribution in [2.24, 2.45) is 0 Å². The van der Waals surface area contributed by atoms with Crippen molar-refractivity contribution in [1.29, 1.82) is 0 Å². The molecule has 0 amide bonds. The van der Waals surface area contributed by atoms with Crippen LogP contribution in [0.1, 0.15) is 25.5 Å². The van der Waals surface area contributed by atoms with Gasteiger partial charge in [-0.1, -0.05) is 28.1 Å². The summed E-state index contributed by atoms with van der Waals surface area (Å²) >= 11 is 3.45. The molecule has 0 aliphatic heterocycles. The first-order valence-electron chi connectivity index (χ1n) is 7.08. The number of rotatable bonds is 4. The van der Waals surface area contributed by atoms with Crippen LogP contribution in [-0.2, 0) is 6.54 Å². The summed E-state index contributed by atoms with van der Waals surface area (Å²) in [4.78, 5) is 4.48. The van der Waals surface area contributed by atoms with E-state index in [2.05, 4.69) is 87.1 Å². The van der Waals surface area contributed by atoms with Crippen LogP contribution in [0.25, 0.3) is 11.0 Å². The first kappa shape index (κ1) is 14.1. The zero-order valence-corrected chi connectivity index (χ0v) is 13.8. The van der Waals surface area contributed by atoms with Gasteiger partial charge in [-0.2, -0.15) is 0 Å². The van der Waals surface area contributed by atoms with E-state index in [1.807, 2.05) is 6.33 Å². The van der Waals surface area contributed by atoms with Crippen LogP contribution in [0.5, 0.6) is 0 Å². The molecule has 3 aromatic rings. The van der Waals surface area contributed by atoms with Crippen molar-refractivity contribution < 1.29 is 0 Å². The van der Waals surface area contributed by atoms with Gasteiger partial charge in [-0.25, -0.2) is 4.98 Å². The summed E-state index contributed by atoms with van der Waals surface area (Å²) in [5, 5.41) is 3.45. The molecule has 108 valence electrons. The van der Waals surface area contributed by atoms with Gasteiger partial charge >= 0.3 is 0 Å². The Labute approximate surface area is 133 Å². The second-order valence-corrected chi connectivity index (χ2v) is 6.34. The second kappa shape index (κ2) is 5.90. The van der Waals surface area contributed by atoms with E-state index in [9.17, 15) is 0 Å². The van der Waals surface area contributed by atoms with Gasteiger partial charge in [0.15, 0.2) is 0 Å². The normalized spacial score (nSPS) is 11.2. The maximum absolute atomic E-state index is 4.48. The molecule has 0 saturated heterocycles. The minimum Gasteiger partial charge on any atom is -0.381 e. The molecule has 1 heterocycles. The Kier molecular flexibility index (Phi) is 3.97. The highest BCUT2D eigenvalue weighted by atomic mass is 79.9. The Morgan fingerprint density at radius 2 is 1.90 bits per heavy atom. The molecule has 3 rings (SSSR count). The highest BCUT2D eigenvalue weighted by Crippen LogP contribution is 2.21. The summed E-state index contributed by atoms with van der Waals surface area (Å²) in [6.07, 6.45) is 1.91. The molecule has 3 nitrogen and oxygen atoms in total. The number of benzene rings is 2. The van der Waals surface area contributed by atoms with Crippen molar-refractivity contribution in [1.82, 2.24) is 9.55 Å². The van der Waals surface area contributed by atoms with Crippen LogP contribution in [0.4, 0.5) is 5.69 Å². The monoisotopic (exact) mass is 343 g/mol. The van der Waals surface area contributed by atoms with Crippen LogP contribution in [0.3, 0.4) is 0 Å². The lowest BCUT2D eigenvalue weighted by atomic mass is 10.2. The molecule has 0 saturated carbocycles. The van der Waals surface area contributed by atoms with E-state index in [0.29, 0.717) is 6.04 Å². The Morgan fingerprint density at radius 3 is 2.62 bits per heavy atom. The van der Waals surface area contributed by atoms with Crippen LogP contribution in [0, 0.1) is 0 Å². The molecule has 0 spiro atoms. The van der Waals surface area contributed by atoms with Gasteiger partial charge in [0.05, 0.1) is 17.4 Å². The number of imidazole rings is 1. The van der Waals surface area contributed by atoms with E-state index in [1.165, 1.54) is 11.1 Å². The highest BCUT2D eigenvalue weighted by Gasteiger charge is 2.06. The smallest absolute Gasteiger partial charge is 0.0960 e. The van der Waals surface area contributed by atoms with E-state index in [1.54, 1.807) is 0 Å². The number of fused-ring (bicyclic) bond motifs is 1. The Hall–Kier alpha value is -1.81. The molecule has 0 radical (unpaired) electrons. The first-order valence-corrected chi connectivity index (χ1v) is 7.87. The molecular weight excluding hydrogens is 326 g/mol. The fourth-order valence-electron chi connectivity index (χ4n) is 2.36. The van der Waals surface area contributed by atoms with Crippen molar-refractivity contribution in [2.75, 3.05) is 5.32 Å². The average Bonchev–Trinajstić information content (AvgIpc) is 2.90. The predicted molar refractivity (Wildman–Crippen MR) is 91.6 cm³/mol. The summed E-state index contributed by atoms with van der Waals surface area (Å²) in [7, 11) is 0. The van der Waals surface area contributed by atoms with E-state index in [-0.39, 0.29) is 0 Å². The van der Waals surface area contributed by atoms with Gasteiger partial charge in [0.25, 0.3) is 0 Å². The van der Waals surface area contributed by atoms with Crippen molar-refractivity contribution in [2.45, 2.75) is 26.4 Å². The van der Waals surface area contributed by atoms with E-state index in [4.69, 9.17) is 0 Å². The molecule has 0 bridgehead atoms. The van der Waals surface area contributed by atoms with Gasteiger partial charge in [0, 0.05) is 22.7 Å². The van der Waals surface area contributed by atoms with Crippen LogP contribution >= 0.6 is 15.9 Å². The molecule has 0 atom stereocenters. The largest absolute Gasteiger partial charge is 0.381 e. The first-order chi connectivity index (χ1) is 10.1. The highest BCUT2D eigenvalue weighted by molar-refractivity contribution is 9.10. The average molecular weight is 344 g/mol. The maximum Gasteiger partial charge on any atom is 0.0960 e. The number of nitrogens with zero attached hydrogens (tertiary/aromatic N) is 2. The lowest BCUT2D eigenvalue weighted by Crippen LogP contribution is -2.00. The topological polar surface area (TPSA) is 29.9 Å². The molecule has 0 unspecified atom stereocenters. The SMILES string of the molecule is CC(C)n1cnc2cc(NCc3ccc(Br)cc3)ccc21. The third kappa shape index (κ3) is 3.10. The van der Waals surface area contributed by atoms with Crippen molar-refractivity contribution in [3.05, 3.63) is 58.8 Å². The van der Waals surface area contributed by atoms with Gasteiger partial charge in [0.1, 0.15) is 0 Å². The third-order valence-electron chi connectivity index (χ3n) is 3.54. The van der Waals surface area contributed by atoms with Gasteiger partial charge in [0.2, 0.25) is 0 Å². The van der Waals surface area contributed by atoms with Crippen molar-refractivity contribution >= 4 is 32.7 Å². The second-order valence-electron chi connectivity index (χ2n) is 5.43. The lowest BCUT2D eigenvalue weighted by molar-refractivity contribution is 0.617. The van der Waals surface area contributed by atoms with Gasteiger partial charge in [-0.3, -0.25) is 0 Å². The fraction of sp³-hybridized carbons (Fsp3) is 0.235. The molecule has 2 aromatic carbocycles. The van der Waals surface area contributed by atoms with Crippen LogP contribution in [-0.4, -0.2) is 9.55 Å². The van der Waals surface area contributed by atoms with Crippen LogP contribution < -0.4 is 5.32 Å². The standard InChI is InChI=1S/C17H18BrN3/c1-12(2)21-11-20-16-9-15(7-8-17(16)21)19-10-13-3-5-14(18)6-4-13/h3-9,11-12,19H,10H2,1-2H3. The van der Waals surface area contributed by atoms with E-state index in [0.717, 1.165) is 22.2 Å². The van der Waals surface area contributed by atoms with Crippen LogP contribution in [0.15, 0.2) is 53.3 Å². The number of anilines is 1. The summed E-state index contributed by atoms with van der Waals surface area (Å²) in [6, 6.07) is 15.1. The van der Waals surface area contributed by atoms with Crippen molar-refractivity contribution in [3.63, 3.8) is 0 Å². The Balaban J connectivity index is 1.77. The molecule has 0 aliphatic rings. The van der Waals surface area contributed by atoms with Gasteiger partial charge in [-0.15, -0.1) is 0 Å². The quantitative estimate of drug-likeness (QED) is 0.722. The van der Waals surface area contributed by atoms with Gasteiger partial charge < -0.3 is 9.88 Å². The Bertz CT molecular complexity index is 744. The fourth-order valence-corrected chi connectivity index (χ4v) is 2.62. The molecule has 0 fully saturated rings. The number of nitrogens with one attached hydrogen (secondary N) is 1. The molecule has 21 heavy (non-hydrogen) atoms. The summed E-state index contributed by atoms with van der Waals surface area (Å²) in [5.74, 6) is 0. The number of hydrogen-bond acceptors (Lipinski definition) is 2. The van der Waals surface area contributed by atoms with Gasteiger partial charge in [-0.05, 0) is 49.7 Å². The molecule has 4 heteroatoms. The molecular formula is C17H18BrN3. The minimum absolute atomic E-state index is 0.427. The van der Waals surface area contributed by atoms with E-state index >= 15 is 0 Å². The Morgan fingerprint density at radius 1 is 1.14 bits per heavy atom. The third-order valence-corrected chi connectivity index (χ3v) is 4.07. The maximum atomic E-state index is 4.48. The predicted octanol–water partition coefficient (Wildman–Crippen LogP) is 4.99. The van der Waals surface area contributed by atoms with Crippen LogP contribution in [0.2, 0.25) is 0 Å². The zero-order chi connectivity index (χ0) is 14.8. The van der Waals surface area contributed by atoms with E-state index < -0.39 is 0 Å². The summed E-state index contributed by atoms with van der Waals surface area (Å²) in [5.41, 5.74) is 4.56. The summed E-state index contributed by atoms with van der Waals surface area (Å²) in [6.45, 7) is 5.14. The number of aromatic nitrogens is 2. The molecule has 1 N–H and O–H groups in total. The number of halogens is 1. The van der Waals surface area contributed by atoms with Crippen molar-refractivity contribution in [3.8, 4) is 0 Å². The summed E-state index contributed by atoms with van der Waals surface area (Å²) < 4.78 is 3.29. The minimum atomic E-state index is 0.427. The lowest BCUT2D eigenvalue weighted by Gasteiger charge is -2.09. The number of hydrogen-bond donors (Lipinski definition) is 1.